The standard InChI is InChI=1S/C19H14N2/c1-13-11-12-20-18-15-9-5-6-10-16(15)19(17(13)18)21-14-7-3-2-4-8-14/h2-12H,1H3. The summed E-state index contributed by atoms with van der Waals surface area (Å²) in [6.07, 6.45) is 1.87. The molecule has 0 N–H and O–H groups in total. The Labute approximate surface area is 123 Å². The molecule has 0 fully saturated rings. The van der Waals surface area contributed by atoms with Crippen molar-refractivity contribution in [3.63, 3.8) is 0 Å². The molecule has 1 aliphatic rings. The Morgan fingerprint density at radius 1 is 0.810 bits per heavy atom. The second-order valence-electron chi connectivity index (χ2n) is 5.19. The van der Waals surface area contributed by atoms with Gasteiger partial charge in [-0.1, -0.05) is 42.5 Å². The number of aromatic nitrogens is 1. The highest BCUT2D eigenvalue weighted by molar-refractivity contribution is 6.25. The maximum atomic E-state index is 4.88. The quantitative estimate of drug-likeness (QED) is 0.498. The van der Waals surface area contributed by atoms with Gasteiger partial charge >= 0.3 is 0 Å². The molecule has 0 aliphatic heterocycles. The van der Waals surface area contributed by atoms with Gasteiger partial charge in [-0.3, -0.25) is 4.98 Å². The van der Waals surface area contributed by atoms with Crippen molar-refractivity contribution < 1.29 is 0 Å². The molecule has 0 saturated carbocycles. The summed E-state index contributed by atoms with van der Waals surface area (Å²) >= 11 is 0. The molecule has 4 rings (SSSR count). The van der Waals surface area contributed by atoms with Crippen molar-refractivity contribution >= 4 is 11.4 Å². The number of nitrogens with zero attached hydrogens (tertiary/aromatic N) is 2. The lowest BCUT2D eigenvalue weighted by Crippen LogP contribution is -2.00. The fourth-order valence-corrected chi connectivity index (χ4v) is 2.84. The minimum atomic E-state index is 0.971. The Balaban J connectivity index is 2.02. The van der Waals surface area contributed by atoms with E-state index in [1.54, 1.807) is 0 Å². The number of pyridine rings is 1. The number of rotatable bonds is 1. The van der Waals surface area contributed by atoms with Crippen molar-refractivity contribution in [3.8, 4) is 11.3 Å². The first-order valence-corrected chi connectivity index (χ1v) is 7.04. The van der Waals surface area contributed by atoms with Gasteiger partial charge in [-0.2, -0.15) is 0 Å². The van der Waals surface area contributed by atoms with Crippen molar-refractivity contribution in [1.29, 1.82) is 0 Å². The Kier molecular flexibility index (Phi) is 2.68. The number of hydrogen-bond acceptors (Lipinski definition) is 2. The Morgan fingerprint density at radius 3 is 2.33 bits per heavy atom. The molecule has 0 spiro atoms. The van der Waals surface area contributed by atoms with Crippen LogP contribution in [0.3, 0.4) is 0 Å². The van der Waals surface area contributed by atoms with Gasteiger partial charge < -0.3 is 0 Å². The fourth-order valence-electron chi connectivity index (χ4n) is 2.84. The van der Waals surface area contributed by atoms with Crippen LogP contribution < -0.4 is 0 Å². The SMILES string of the molecule is Cc1ccnc2c1C(=Nc1ccccc1)c1ccccc1-2. The van der Waals surface area contributed by atoms with Crippen LogP contribution in [0.1, 0.15) is 16.7 Å². The number of hydrogen-bond donors (Lipinski definition) is 0. The van der Waals surface area contributed by atoms with Gasteiger partial charge in [-0.25, -0.2) is 4.99 Å². The third-order valence-electron chi connectivity index (χ3n) is 3.83. The van der Waals surface area contributed by atoms with Crippen molar-refractivity contribution in [2.75, 3.05) is 0 Å². The molecule has 2 nitrogen and oxygen atoms in total. The van der Waals surface area contributed by atoms with E-state index in [9.17, 15) is 0 Å². The van der Waals surface area contributed by atoms with Crippen molar-refractivity contribution in [1.82, 2.24) is 4.98 Å². The van der Waals surface area contributed by atoms with E-state index >= 15 is 0 Å². The summed E-state index contributed by atoms with van der Waals surface area (Å²) in [4.78, 5) is 9.45. The van der Waals surface area contributed by atoms with Crippen LogP contribution in [0.4, 0.5) is 5.69 Å². The second-order valence-corrected chi connectivity index (χ2v) is 5.19. The lowest BCUT2D eigenvalue weighted by Gasteiger charge is -2.05. The number of aryl methyl sites for hydroxylation is 1. The van der Waals surface area contributed by atoms with E-state index in [1.165, 1.54) is 11.1 Å². The molecule has 100 valence electrons. The largest absolute Gasteiger partial charge is 0.256 e. The summed E-state index contributed by atoms with van der Waals surface area (Å²) in [5.41, 5.74) is 7.74. The van der Waals surface area contributed by atoms with Gasteiger partial charge in [0.25, 0.3) is 0 Å². The van der Waals surface area contributed by atoms with Crippen LogP contribution in [0.5, 0.6) is 0 Å². The lowest BCUT2D eigenvalue weighted by molar-refractivity contribution is 1.28. The average Bonchev–Trinajstić information content (AvgIpc) is 2.84. The zero-order valence-electron chi connectivity index (χ0n) is 11.7. The van der Waals surface area contributed by atoms with Crippen molar-refractivity contribution in [2.24, 2.45) is 4.99 Å². The molecular weight excluding hydrogens is 256 g/mol. The summed E-state index contributed by atoms with van der Waals surface area (Å²) < 4.78 is 0. The average molecular weight is 270 g/mol. The third-order valence-corrected chi connectivity index (χ3v) is 3.83. The Hall–Kier alpha value is -2.74. The zero-order chi connectivity index (χ0) is 14.2. The highest BCUT2D eigenvalue weighted by atomic mass is 14.8. The molecule has 3 aromatic rings. The van der Waals surface area contributed by atoms with Crippen molar-refractivity contribution in [3.05, 3.63) is 83.6 Å². The third kappa shape index (κ3) is 1.88. The maximum Gasteiger partial charge on any atom is 0.0812 e. The van der Waals surface area contributed by atoms with E-state index < -0.39 is 0 Å². The zero-order valence-corrected chi connectivity index (χ0v) is 11.7. The monoisotopic (exact) mass is 270 g/mol. The first-order valence-electron chi connectivity index (χ1n) is 7.04. The predicted octanol–water partition coefficient (Wildman–Crippen LogP) is 4.54. The molecule has 2 aromatic carbocycles. The maximum absolute atomic E-state index is 4.88. The molecule has 0 amide bonds. The van der Waals surface area contributed by atoms with Crippen LogP contribution >= 0.6 is 0 Å². The first kappa shape index (κ1) is 12.0. The molecule has 1 heterocycles. The summed E-state index contributed by atoms with van der Waals surface area (Å²) in [6.45, 7) is 2.12. The van der Waals surface area contributed by atoms with Gasteiger partial charge in [-0.05, 0) is 30.7 Å². The summed E-state index contributed by atoms with van der Waals surface area (Å²) in [5.74, 6) is 0. The number of benzene rings is 2. The number of aliphatic imine (C=N–C) groups is 1. The van der Waals surface area contributed by atoms with Crippen LogP contribution in [-0.4, -0.2) is 10.7 Å². The van der Waals surface area contributed by atoms with E-state index in [0.29, 0.717) is 0 Å². The smallest absolute Gasteiger partial charge is 0.0812 e. The molecule has 1 aliphatic carbocycles. The van der Waals surface area contributed by atoms with Crippen LogP contribution in [0.2, 0.25) is 0 Å². The molecule has 21 heavy (non-hydrogen) atoms. The summed E-state index contributed by atoms with van der Waals surface area (Å²) in [6, 6.07) is 20.5. The molecule has 2 heteroatoms. The Morgan fingerprint density at radius 2 is 1.52 bits per heavy atom. The van der Waals surface area contributed by atoms with Gasteiger partial charge in [-0.15, -0.1) is 0 Å². The fraction of sp³-hybridized carbons (Fsp3) is 0.0526. The minimum Gasteiger partial charge on any atom is -0.256 e. The normalized spacial score (nSPS) is 14.0. The van der Waals surface area contributed by atoms with Gasteiger partial charge in [0.2, 0.25) is 0 Å². The van der Waals surface area contributed by atoms with Gasteiger partial charge in [0.1, 0.15) is 0 Å². The van der Waals surface area contributed by atoms with Crippen LogP contribution in [0, 0.1) is 6.92 Å². The molecule has 0 atom stereocenters. The summed E-state index contributed by atoms with van der Waals surface area (Å²) in [5, 5.41) is 0. The Bertz CT molecular complexity index is 848. The highest BCUT2D eigenvalue weighted by Gasteiger charge is 2.27. The molecule has 0 radical (unpaired) electrons. The van der Waals surface area contributed by atoms with E-state index in [4.69, 9.17) is 4.99 Å². The van der Waals surface area contributed by atoms with E-state index in [2.05, 4.69) is 36.2 Å². The summed E-state index contributed by atoms with van der Waals surface area (Å²) in [7, 11) is 0. The predicted molar refractivity (Wildman–Crippen MR) is 86.2 cm³/mol. The molecule has 0 saturated heterocycles. The van der Waals surface area contributed by atoms with E-state index in [1.807, 2.05) is 42.6 Å². The number of fused-ring (bicyclic) bond motifs is 3. The van der Waals surface area contributed by atoms with Crippen LogP contribution in [0.15, 0.2) is 71.9 Å². The number of para-hydroxylation sites is 1. The minimum absolute atomic E-state index is 0.971. The van der Waals surface area contributed by atoms with E-state index in [-0.39, 0.29) is 0 Å². The van der Waals surface area contributed by atoms with Crippen molar-refractivity contribution in [2.45, 2.75) is 6.92 Å². The second kappa shape index (κ2) is 4.67. The van der Waals surface area contributed by atoms with Gasteiger partial charge in [0.15, 0.2) is 0 Å². The highest BCUT2D eigenvalue weighted by Crippen LogP contribution is 2.37. The first-order chi connectivity index (χ1) is 10.3. The lowest BCUT2D eigenvalue weighted by atomic mass is 10.1. The molecular formula is C19H14N2. The van der Waals surface area contributed by atoms with Gasteiger partial charge in [0, 0.05) is 22.9 Å². The van der Waals surface area contributed by atoms with Gasteiger partial charge in [0.05, 0.1) is 17.1 Å². The molecule has 1 aromatic heterocycles. The molecule has 0 unspecified atom stereocenters. The van der Waals surface area contributed by atoms with Crippen LogP contribution in [-0.2, 0) is 0 Å². The topological polar surface area (TPSA) is 25.2 Å². The van der Waals surface area contributed by atoms with Crippen LogP contribution in [0.25, 0.3) is 11.3 Å². The van der Waals surface area contributed by atoms with E-state index in [0.717, 1.165) is 28.2 Å². The molecule has 0 bridgehead atoms.